The number of aryl methyl sites for hydroxylation is 1. The van der Waals surface area contributed by atoms with Crippen LogP contribution >= 0.6 is 22.9 Å². The second kappa shape index (κ2) is 10.6. The number of hydrogen-bond acceptors (Lipinski definition) is 6. The summed E-state index contributed by atoms with van der Waals surface area (Å²) in [5, 5.41) is 11.3. The van der Waals surface area contributed by atoms with Gasteiger partial charge in [0.15, 0.2) is 10.9 Å². The molecule has 2 aliphatic heterocycles. The maximum Gasteiger partial charge on any atom is 0.186 e. The van der Waals surface area contributed by atoms with E-state index in [2.05, 4.69) is 26.3 Å². The Labute approximate surface area is 245 Å². The van der Waals surface area contributed by atoms with Crippen LogP contribution in [0.5, 0.6) is 0 Å². The summed E-state index contributed by atoms with van der Waals surface area (Å²) in [4.78, 5) is 11.1. The van der Waals surface area contributed by atoms with E-state index in [4.69, 9.17) is 21.7 Å². The van der Waals surface area contributed by atoms with Crippen LogP contribution < -0.4 is 10.2 Å². The molecule has 5 aromatic rings. The molecule has 0 spiro atoms. The third kappa shape index (κ3) is 4.68. The molecule has 0 aliphatic carbocycles. The third-order valence-corrected chi connectivity index (χ3v) is 9.01. The molecule has 7 rings (SSSR count). The van der Waals surface area contributed by atoms with Crippen molar-refractivity contribution in [2.24, 2.45) is 0 Å². The van der Waals surface area contributed by atoms with Gasteiger partial charge in [-0.15, -0.1) is 11.3 Å². The van der Waals surface area contributed by atoms with Crippen LogP contribution in [0, 0.1) is 11.6 Å². The van der Waals surface area contributed by atoms with E-state index in [1.54, 1.807) is 35.3 Å². The zero-order valence-corrected chi connectivity index (χ0v) is 23.9. The normalized spacial score (nSPS) is 15.8. The fraction of sp³-hybridized carbons (Fsp3) is 0.300. The van der Waals surface area contributed by atoms with Crippen molar-refractivity contribution in [2.45, 2.75) is 44.7 Å². The summed E-state index contributed by atoms with van der Waals surface area (Å²) in [6, 6.07) is 5.89. The first kappa shape index (κ1) is 26.2. The van der Waals surface area contributed by atoms with Gasteiger partial charge in [-0.2, -0.15) is 5.10 Å². The molecule has 1 atom stereocenters. The highest BCUT2D eigenvalue weighted by molar-refractivity contribution is 7.13. The Hall–Kier alpha value is -3.76. The fourth-order valence-corrected chi connectivity index (χ4v) is 6.82. The van der Waals surface area contributed by atoms with Crippen LogP contribution in [-0.4, -0.2) is 37.4 Å². The number of aromatic nitrogens is 5. The lowest BCUT2D eigenvalue weighted by atomic mass is 10.0. The molecular weight excluding hydrogens is 564 g/mol. The topological polar surface area (TPSA) is 63.8 Å². The number of anilines is 2. The number of halogens is 3. The van der Waals surface area contributed by atoms with Gasteiger partial charge in [0.2, 0.25) is 0 Å². The van der Waals surface area contributed by atoms with Crippen LogP contribution in [0.4, 0.5) is 19.6 Å². The largest absolute Gasteiger partial charge is 0.369 e. The second-order valence-electron chi connectivity index (χ2n) is 10.6. The molecule has 41 heavy (non-hydrogen) atoms. The van der Waals surface area contributed by atoms with Gasteiger partial charge >= 0.3 is 0 Å². The lowest BCUT2D eigenvalue weighted by molar-refractivity contribution is 0.557. The van der Waals surface area contributed by atoms with Crippen LogP contribution in [0.3, 0.4) is 0 Å². The molecule has 1 saturated heterocycles. The van der Waals surface area contributed by atoms with Gasteiger partial charge in [0, 0.05) is 59.7 Å². The predicted molar refractivity (Wildman–Crippen MR) is 160 cm³/mol. The number of nitrogens with one attached hydrogen (secondary N) is 1. The van der Waals surface area contributed by atoms with Gasteiger partial charge in [0.25, 0.3) is 0 Å². The Bertz CT molecular complexity index is 1750. The molecule has 0 saturated carbocycles. The van der Waals surface area contributed by atoms with E-state index < -0.39 is 11.9 Å². The van der Waals surface area contributed by atoms with E-state index in [0.29, 0.717) is 32.5 Å². The number of piperidine rings is 1. The quantitative estimate of drug-likeness (QED) is 0.213. The summed E-state index contributed by atoms with van der Waals surface area (Å²) in [5.74, 6) is -0.926. The number of fused-ring (bicyclic) bond motifs is 2. The molecule has 7 nitrogen and oxygen atoms in total. The summed E-state index contributed by atoms with van der Waals surface area (Å²) in [7, 11) is 0. The van der Waals surface area contributed by atoms with E-state index in [1.807, 2.05) is 11.7 Å². The van der Waals surface area contributed by atoms with Gasteiger partial charge in [-0.05, 0) is 55.9 Å². The van der Waals surface area contributed by atoms with Gasteiger partial charge in [-0.3, -0.25) is 4.68 Å². The summed E-state index contributed by atoms with van der Waals surface area (Å²) in [6.45, 7) is 6.85. The molecular formula is C30H28ClF2N7S. The number of nitrogens with zero attached hydrogens (tertiary/aromatic N) is 6. The zero-order valence-electron chi connectivity index (χ0n) is 22.3. The minimum absolute atomic E-state index is 0.107. The van der Waals surface area contributed by atoms with Crippen LogP contribution in [0.2, 0.25) is 5.02 Å². The van der Waals surface area contributed by atoms with Gasteiger partial charge in [0.1, 0.15) is 17.4 Å². The Morgan fingerprint density at radius 2 is 1.93 bits per heavy atom. The number of imidazole rings is 1. The standard InChI is InChI=1S/C30H28ClF2N7S/c1-18(36-30-34-9-13-41-30)29(28-25-6-5-12-39(25)17-35-28)40-16-21-22(31)15-20(26(33)27(21)37-40)19-7-8-24(23(32)14-19)38-10-3-2-4-11-38/h7-9,13-17,29H,1-6,10-12H2,(H,34,36). The van der Waals surface area contributed by atoms with E-state index in [-0.39, 0.29) is 16.9 Å². The Morgan fingerprint density at radius 3 is 2.71 bits per heavy atom. The number of rotatable bonds is 7. The molecule has 1 unspecified atom stereocenters. The maximum absolute atomic E-state index is 16.1. The summed E-state index contributed by atoms with van der Waals surface area (Å²) in [6.07, 6.45) is 10.4. The lowest BCUT2D eigenvalue weighted by Crippen LogP contribution is -2.30. The minimum Gasteiger partial charge on any atom is -0.369 e. The minimum atomic E-state index is -0.555. The number of allylic oxidation sites excluding steroid dienone is 1. The van der Waals surface area contributed by atoms with Gasteiger partial charge in [0.05, 0.1) is 22.7 Å². The molecule has 1 fully saturated rings. The highest BCUT2D eigenvalue weighted by Gasteiger charge is 2.29. The van der Waals surface area contributed by atoms with E-state index in [1.165, 1.54) is 17.4 Å². The van der Waals surface area contributed by atoms with Crippen molar-refractivity contribution in [3.8, 4) is 11.1 Å². The highest BCUT2D eigenvalue weighted by atomic mass is 35.5. The lowest BCUT2D eigenvalue weighted by Gasteiger charge is -2.29. The van der Waals surface area contributed by atoms with Crippen LogP contribution in [0.15, 0.2) is 60.6 Å². The summed E-state index contributed by atoms with van der Waals surface area (Å²) < 4.78 is 35.2. The van der Waals surface area contributed by atoms with Gasteiger partial charge in [-0.25, -0.2) is 18.7 Å². The monoisotopic (exact) mass is 591 g/mol. The second-order valence-corrected chi connectivity index (χ2v) is 11.9. The molecule has 0 bridgehead atoms. The first-order chi connectivity index (χ1) is 20.0. The average molecular weight is 592 g/mol. The van der Waals surface area contributed by atoms with Crippen molar-refractivity contribution in [3.05, 3.63) is 88.7 Å². The Morgan fingerprint density at radius 1 is 1.07 bits per heavy atom. The zero-order chi connectivity index (χ0) is 28.1. The molecule has 11 heteroatoms. The average Bonchev–Trinajstić information content (AvgIpc) is 3.78. The Balaban J connectivity index is 1.29. The van der Waals surface area contributed by atoms with Crippen molar-refractivity contribution in [1.29, 1.82) is 0 Å². The SMILES string of the molecule is C=C(Nc1nccs1)C(c1ncn2c1CCC2)n1cc2c(Cl)cc(-c3ccc(N4CCCCC4)c(F)c3)c(F)c2n1. The Kier molecular flexibility index (Phi) is 6.75. The van der Waals surface area contributed by atoms with Crippen molar-refractivity contribution in [2.75, 3.05) is 23.3 Å². The molecule has 3 aromatic heterocycles. The smallest absolute Gasteiger partial charge is 0.186 e. The highest BCUT2D eigenvalue weighted by Crippen LogP contribution is 2.38. The molecule has 210 valence electrons. The van der Waals surface area contributed by atoms with Gasteiger partial charge in [-0.1, -0.05) is 24.2 Å². The summed E-state index contributed by atoms with van der Waals surface area (Å²) in [5.41, 5.74) is 3.79. The van der Waals surface area contributed by atoms with Crippen molar-refractivity contribution >= 4 is 44.7 Å². The number of thiazole rings is 1. The fourth-order valence-electron chi connectivity index (χ4n) is 6.01. The predicted octanol–water partition coefficient (Wildman–Crippen LogP) is 7.44. The number of benzene rings is 2. The van der Waals surface area contributed by atoms with Crippen molar-refractivity contribution in [3.63, 3.8) is 0 Å². The van der Waals surface area contributed by atoms with Crippen LogP contribution in [-0.2, 0) is 13.0 Å². The molecule has 5 heterocycles. The van der Waals surface area contributed by atoms with Crippen LogP contribution in [0.25, 0.3) is 22.0 Å². The molecule has 2 aromatic carbocycles. The maximum atomic E-state index is 16.1. The third-order valence-electron chi connectivity index (χ3n) is 8.00. The van der Waals surface area contributed by atoms with E-state index >= 15 is 8.78 Å². The first-order valence-electron chi connectivity index (χ1n) is 13.8. The van der Waals surface area contributed by atoms with E-state index in [0.717, 1.165) is 63.1 Å². The number of hydrogen-bond donors (Lipinski definition) is 1. The molecule has 0 radical (unpaired) electrons. The van der Waals surface area contributed by atoms with Crippen molar-refractivity contribution < 1.29 is 8.78 Å². The molecule has 2 aliphatic rings. The molecule has 0 amide bonds. The summed E-state index contributed by atoms with van der Waals surface area (Å²) >= 11 is 8.17. The van der Waals surface area contributed by atoms with Crippen LogP contribution in [0.1, 0.15) is 43.1 Å². The van der Waals surface area contributed by atoms with E-state index in [9.17, 15) is 0 Å². The van der Waals surface area contributed by atoms with Crippen molar-refractivity contribution in [1.82, 2.24) is 24.3 Å². The van der Waals surface area contributed by atoms with Gasteiger partial charge < -0.3 is 14.8 Å². The molecule has 1 N–H and O–H groups in total. The first-order valence-corrected chi connectivity index (χ1v) is 15.0.